The van der Waals surface area contributed by atoms with E-state index in [1.165, 1.54) is 11.1 Å². The zero-order chi connectivity index (χ0) is 12.9. The first-order valence-corrected chi connectivity index (χ1v) is 5.07. The topological polar surface area (TPSA) is 24.7 Å². The van der Waals surface area contributed by atoms with Gasteiger partial charge in [0.05, 0.1) is 6.54 Å². The van der Waals surface area contributed by atoms with E-state index in [-0.39, 0.29) is 6.54 Å². The summed E-state index contributed by atoms with van der Waals surface area (Å²) in [5.74, 6) is -1.03. The van der Waals surface area contributed by atoms with Gasteiger partial charge in [-0.3, -0.25) is 4.99 Å². The molecule has 92 valence electrons. The number of benzene rings is 1. The Labute approximate surface area is 97.9 Å². The van der Waals surface area contributed by atoms with Gasteiger partial charge >= 0.3 is 6.18 Å². The molecule has 0 saturated heterocycles. The lowest BCUT2D eigenvalue weighted by Crippen LogP contribution is -2.18. The zero-order valence-corrected chi connectivity index (χ0v) is 9.62. The lowest BCUT2D eigenvalue weighted by atomic mass is 10.2. The van der Waals surface area contributed by atoms with E-state index < -0.39 is 12.0 Å². The standard InChI is InChI=1S/C8H10.C4H3F3N2/c1-7-3-5-8(2)6-4-7;5-4(6,7)3-8-1-2-9-3/h3-6H,1-2H3;1H,2H2. The third-order valence-electron chi connectivity index (χ3n) is 2.01. The quantitative estimate of drug-likeness (QED) is 0.666. The van der Waals surface area contributed by atoms with Gasteiger partial charge in [0.1, 0.15) is 0 Å². The molecule has 0 aliphatic carbocycles. The summed E-state index contributed by atoms with van der Waals surface area (Å²) in [5.41, 5.74) is 2.66. The second-order valence-corrected chi connectivity index (χ2v) is 3.63. The number of nitrogens with zero attached hydrogens (tertiary/aromatic N) is 2. The van der Waals surface area contributed by atoms with E-state index in [1.54, 1.807) is 0 Å². The molecule has 5 heteroatoms. The van der Waals surface area contributed by atoms with Gasteiger partial charge in [-0.15, -0.1) is 0 Å². The molecule has 1 aromatic carbocycles. The largest absolute Gasteiger partial charge is 0.451 e. The van der Waals surface area contributed by atoms with Crippen LogP contribution in [0.1, 0.15) is 11.1 Å². The Hall–Kier alpha value is -1.65. The predicted molar refractivity (Wildman–Crippen MR) is 62.8 cm³/mol. The van der Waals surface area contributed by atoms with E-state index in [0.29, 0.717) is 0 Å². The van der Waals surface area contributed by atoms with Crippen LogP contribution in [0.25, 0.3) is 0 Å². The average Bonchev–Trinajstić information content (AvgIpc) is 2.76. The van der Waals surface area contributed by atoms with Crippen LogP contribution in [-0.4, -0.2) is 24.8 Å². The molecule has 0 unspecified atom stereocenters. The maximum atomic E-state index is 11.5. The molecule has 17 heavy (non-hydrogen) atoms. The summed E-state index contributed by atoms with van der Waals surface area (Å²) in [6.07, 6.45) is -3.24. The van der Waals surface area contributed by atoms with Crippen LogP contribution in [0.5, 0.6) is 0 Å². The van der Waals surface area contributed by atoms with Crippen molar-refractivity contribution in [3.63, 3.8) is 0 Å². The molecule has 0 saturated carbocycles. The van der Waals surface area contributed by atoms with Crippen molar-refractivity contribution in [2.45, 2.75) is 20.0 Å². The molecule has 1 heterocycles. The number of aliphatic imine (C=N–C) groups is 2. The van der Waals surface area contributed by atoms with Crippen LogP contribution in [0.2, 0.25) is 0 Å². The van der Waals surface area contributed by atoms with Gasteiger partial charge in [-0.1, -0.05) is 35.4 Å². The number of amidine groups is 1. The van der Waals surface area contributed by atoms with Gasteiger partial charge in [-0.05, 0) is 13.8 Å². The molecule has 0 fully saturated rings. The van der Waals surface area contributed by atoms with E-state index >= 15 is 0 Å². The van der Waals surface area contributed by atoms with E-state index in [1.807, 2.05) is 0 Å². The number of hydrogen-bond acceptors (Lipinski definition) is 2. The summed E-state index contributed by atoms with van der Waals surface area (Å²) in [6.45, 7) is 4.24. The molecule has 0 amide bonds. The molecule has 0 N–H and O–H groups in total. The maximum absolute atomic E-state index is 11.5. The summed E-state index contributed by atoms with van der Waals surface area (Å²) in [4.78, 5) is 6.08. The maximum Gasteiger partial charge on any atom is 0.451 e. The van der Waals surface area contributed by atoms with Gasteiger partial charge in [-0.25, -0.2) is 4.99 Å². The van der Waals surface area contributed by atoms with Crippen molar-refractivity contribution in [3.05, 3.63) is 35.4 Å². The molecular formula is C12H13F3N2. The van der Waals surface area contributed by atoms with Crippen molar-refractivity contribution < 1.29 is 13.2 Å². The van der Waals surface area contributed by atoms with Gasteiger partial charge in [0, 0.05) is 6.21 Å². The van der Waals surface area contributed by atoms with Crippen LogP contribution in [0, 0.1) is 13.8 Å². The van der Waals surface area contributed by atoms with Crippen LogP contribution in [0.3, 0.4) is 0 Å². The molecule has 0 aromatic heterocycles. The van der Waals surface area contributed by atoms with Gasteiger partial charge in [-0.2, -0.15) is 13.2 Å². The molecule has 0 bridgehead atoms. The molecular weight excluding hydrogens is 229 g/mol. The highest BCUT2D eigenvalue weighted by Gasteiger charge is 2.36. The van der Waals surface area contributed by atoms with Crippen molar-refractivity contribution in [2.24, 2.45) is 9.98 Å². The predicted octanol–water partition coefficient (Wildman–Crippen LogP) is 3.34. The number of aryl methyl sites for hydroxylation is 2. The Morgan fingerprint density at radius 3 is 1.71 bits per heavy atom. The van der Waals surface area contributed by atoms with Gasteiger partial charge in [0.15, 0.2) is 0 Å². The molecule has 0 radical (unpaired) electrons. The minimum atomic E-state index is -4.37. The first-order valence-electron chi connectivity index (χ1n) is 5.07. The van der Waals surface area contributed by atoms with E-state index in [0.717, 1.165) is 6.21 Å². The Morgan fingerprint density at radius 1 is 1.00 bits per heavy atom. The van der Waals surface area contributed by atoms with Crippen molar-refractivity contribution in [1.82, 2.24) is 0 Å². The summed E-state index contributed by atoms with van der Waals surface area (Å²) >= 11 is 0. The minimum Gasteiger partial charge on any atom is -0.257 e. The molecule has 2 nitrogen and oxygen atoms in total. The summed E-state index contributed by atoms with van der Waals surface area (Å²) in [7, 11) is 0. The number of rotatable bonds is 0. The minimum absolute atomic E-state index is 0.0504. The highest BCUT2D eigenvalue weighted by atomic mass is 19.4. The van der Waals surface area contributed by atoms with Crippen LogP contribution < -0.4 is 0 Å². The second-order valence-electron chi connectivity index (χ2n) is 3.63. The third-order valence-corrected chi connectivity index (χ3v) is 2.01. The molecule has 0 spiro atoms. The lowest BCUT2D eigenvalue weighted by molar-refractivity contribution is -0.0595. The van der Waals surface area contributed by atoms with Gasteiger partial charge in [0.2, 0.25) is 5.84 Å². The first kappa shape index (κ1) is 13.4. The zero-order valence-electron chi connectivity index (χ0n) is 9.62. The van der Waals surface area contributed by atoms with Gasteiger partial charge < -0.3 is 0 Å². The molecule has 1 aliphatic heterocycles. The van der Waals surface area contributed by atoms with Crippen LogP contribution in [0.15, 0.2) is 34.3 Å². The highest BCUT2D eigenvalue weighted by Crippen LogP contribution is 2.19. The van der Waals surface area contributed by atoms with Crippen LogP contribution in [-0.2, 0) is 0 Å². The fourth-order valence-electron chi connectivity index (χ4n) is 1.10. The van der Waals surface area contributed by atoms with E-state index in [2.05, 4.69) is 48.1 Å². The highest BCUT2D eigenvalue weighted by molar-refractivity contribution is 5.98. The van der Waals surface area contributed by atoms with Gasteiger partial charge in [0.25, 0.3) is 0 Å². The summed E-state index contributed by atoms with van der Waals surface area (Å²) in [6, 6.07) is 8.48. The van der Waals surface area contributed by atoms with Crippen molar-refractivity contribution in [2.75, 3.05) is 6.54 Å². The van der Waals surface area contributed by atoms with Crippen molar-refractivity contribution in [1.29, 1.82) is 0 Å². The Morgan fingerprint density at radius 2 is 1.47 bits per heavy atom. The monoisotopic (exact) mass is 242 g/mol. The van der Waals surface area contributed by atoms with Crippen molar-refractivity contribution >= 4 is 12.1 Å². The fourth-order valence-corrected chi connectivity index (χ4v) is 1.10. The SMILES string of the molecule is Cc1ccc(C)cc1.FC(F)(F)C1=NCC=N1. The average molecular weight is 242 g/mol. The second kappa shape index (κ2) is 5.61. The number of alkyl halides is 3. The fraction of sp³-hybridized carbons (Fsp3) is 0.333. The summed E-state index contributed by atoms with van der Waals surface area (Å²) in [5, 5.41) is 0. The molecule has 1 aliphatic rings. The Balaban J connectivity index is 0.000000171. The van der Waals surface area contributed by atoms with Crippen LogP contribution in [0.4, 0.5) is 13.2 Å². The van der Waals surface area contributed by atoms with E-state index in [4.69, 9.17) is 0 Å². The molecule has 2 rings (SSSR count). The van der Waals surface area contributed by atoms with Crippen LogP contribution >= 0.6 is 0 Å². The van der Waals surface area contributed by atoms with E-state index in [9.17, 15) is 13.2 Å². The smallest absolute Gasteiger partial charge is 0.257 e. The normalized spacial score (nSPS) is 14.1. The first-order chi connectivity index (χ1) is 7.89. The number of halogens is 3. The molecule has 0 atom stereocenters. The van der Waals surface area contributed by atoms with Crippen molar-refractivity contribution in [3.8, 4) is 0 Å². The summed E-state index contributed by atoms with van der Waals surface area (Å²) < 4.78 is 34.5. The molecule has 1 aromatic rings. The number of hydrogen-bond donors (Lipinski definition) is 0. The third kappa shape index (κ3) is 4.80. The Kier molecular flexibility index (Phi) is 4.43. The Bertz CT molecular complexity index is 395. The lowest BCUT2D eigenvalue weighted by Gasteiger charge is -1.99.